The Morgan fingerprint density at radius 3 is 2.53 bits per heavy atom. The summed E-state index contributed by atoms with van der Waals surface area (Å²) in [6.45, 7) is 1.48. The van der Waals surface area contributed by atoms with Crippen LogP contribution in [0.4, 0.5) is 10.6 Å². The summed E-state index contributed by atoms with van der Waals surface area (Å²) in [7, 11) is -10.2. The van der Waals surface area contributed by atoms with Crippen molar-refractivity contribution in [2.75, 3.05) is 24.6 Å². The van der Waals surface area contributed by atoms with Crippen molar-refractivity contribution in [1.82, 2.24) is 24.8 Å². The third kappa shape index (κ3) is 7.44. The number of phosphoric ester groups is 1. The number of urea groups is 1. The van der Waals surface area contributed by atoms with E-state index in [0.717, 1.165) is 5.56 Å². The van der Waals surface area contributed by atoms with E-state index in [4.69, 9.17) is 23.8 Å². The van der Waals surface area contributed by atoms with Crippen LogP contribution in [0.25, 0.3) is 11.2 Å². The molecule has 1 aromatic carbocycles. The second-order valence-corrected chi connectivity index (χ2v) is 12.9. The van der Waals surface area contributed by atoms with Crippen molar-refractivity contribution in [3.8, 4) is 0 Å². The van der Waals surface area contributed by atoms with Crippen molar-refractivity contribution in [3.05, 3.63) is 48.5 Å². The highest BCUT2D eigenvalue weighted by atomic mass is 31.3. The van der Waals surface area contributed by atoms with Gasteiger partial charge in [-0.1, -0.05) is 30.3 Å². The van der Waals surface area contributed by atoms with E-state index < -0.39 is 71.0 Å². The number of aromatic nitrogens is 4. The first-order valence-corrected chi connectivity index (χ1v) is 16.2. The molecule has 5 N–H and O–H groups in total. The van der Waals surface area contributed by atoms with E-state index in [1.54, 1.807) is 6.92 Å². The second-order valence-electron chi connectivity index (χ2n) is 9.45. The van der Waals surface area contributed by atoms with Crippen molar-refractivity contribution in [3.63, 3.8) is 0 Å². The van der Waals surface area contributed by atoms with Crippen LogP contribution in [0.3, 0.4) is 0 Å². The first kappa shape index (κ1) is 31.1. The van der Waals surface area contributed by atoms with Crippen LogP contribution in [0.15, 0.2) is 43.0 Å². The van der Waals surface area contributed by atoms with Gasteiger partial charge >= 0.3 is 27.4 Å². The third-order valence-electron chi connectivity index (χ3n) is 6.32. The number of hydrogen-bond donors (Lipinski definition) is 5. The number of carboxylic acids is 1. The van der Waals surface area contributed by atoms with Gasteiger partial charge in [0, 0.05) is 13.0 Å². The zero-order chi connectivity index (χ0) is 30.8. The molecule has 0 saturated carbocycles. The third-order valence-corrected chi connectivity index (χ3v) is 9.31. The molecule has 18 nitrogen and oxygen atoms in total. The van der Waals surface area contributed by atoms with Gasteiger partial charge in [-0.15, -0.1) is 0 Å². The maximum Gasteiger partial charge on any atom is 0.479 e. The molecule has 20 heteroatoms. The molecular formula is C23H28N6O12P2. The number of nitrogens with one attached hydrogen (secondary N) is 2. The summed E-state index contributed by atoms with van der Waals surface area (Å²) in [6, 6.07) is 8.88. The Morgan fingerprint density at radius 1 is 1.07 bits per heavy atom. The SMILES string of the molecule is CCNC(=O)Nc1ncnc2c1ncn2[C@@H]1O[C@H](COP(=O)(O)OP(=O)(O)CC(=O)O)C2OC(Cc3ccccc3)O[C@@H]21. The molecule has 2 saturated heterocycles. The van der Waals surface area contributed by atoms with Crippen molar-refractivity contribution in [2.24, 2.45) is 0 Å². The van der Waals surface area contributed by atoms with Gasteiger partial charge in [0.05, 0.1) is 12.9 Å². The Bertz CT molecular complexity index is 1570. The highest BCUT2D eigenvalue weighted by Crippen LogP contribution is 2.60. The molecule has 5 rings (SSSR count). The summed E-state index contributed by atoms with van der Waals surface area (Å²) in [5.41, 5.74) is 1.44. The van der Waals surface area contributed by atoms with Crippen LogP contribution < -0.4 is 10.6 Å². The fourth-order valence-electron chi connectivity index (χ4n) is 4.66. The quantitative estimate of drug-likeness (QED) is 0.176. The molecule has 2 amide bonds. The number of benzene rings is 1. The van der Waals surface area contributed by atoms with Gasteiger partial charge in [0.1, 0.15) is 30.8 Å². The van der Waals surface area contributed by atoms with E-state index in [1.807, 2.05) is 30.3 Å². The molecule has 232 valence electrons. The fourth-order valence-corrected chi connectivity index (χ4v) is 7.04. The average molecular weight is 642 g/mol. The topological polar surface area (TPSA) is 243 Å². The minimum atomic E-state index is -5.21. The lowest BCUT2D eigenvalue weighted by Crippen LogP contribution is -2.31. The lowest BCUT2D eigenvalue weighted by atomic mass is 10.1. The standard InChI is InChI=1S/C23H28N6O12P2/c1-2-24-23(32)28-20-17-21(26-11-25-20)29(12-27-17)22-19-18(39-16(40-19)8-13-6-4-3-5-7-13)14(38-22)9-37-43(35,36)41-42(33,34)10-15(30)31/h3-7,11-12,14,16,18-19,22H,2,8-10H2,1H3,(H,30,31)(H,33,34)(H,35,36)(H2,24,25,26,28,32)/t14-,16?,18?,19+,22-/m1/s1. The minimum absolute atomic E-state index is 0.142. The number of carboxylic acid groups (broad SMARTS) is 1. The number of anilines is 1. The Morgan fingerprint density at radius 2 is 1.81 bits per heavy atom. The number of ether oxygens (including phenoxy) is 3. The molecule has 0 radical (unpaired) electrons. The van der Waals surface area contributed by atoms with Crippen LogP contribution in [-0.2, 0) is 43.4 Å². The van der Waals surface area contributed by atoms with Gasteiger partial charge in [0.25, 0.3) is 0 Å². The van der Waals surface area contributed by atoms with Gasteiger partial charge in [0.2, 0.25) is 0 Å². The number of carbonyl (C=O) groups excluding carboxylic acids is 1. The smallest absolute Gasteiger partial charge is 0.479 e. The first-order valence-electron chi connectivity index (χ1n) is 12.9. The monoisotopic (exact) mass is 642 g/mol. The molecule has 4 heterocycles. The molecule has 2 aliphatic rings. The number of imidazole rings is 1. The number of carbonyl (C=O) groups is 2. The summed E-state index contributed by atoms with van der Waals surface area (Å²) >= 11 is 0. The molecule has 0 aliphatic carbocycles. The van der Waals surface area contributed by atoms with Crippen LogP contribution in [0.1, 0.15) is 18.7 Å². The van der Waals surface area contributed by atoms with Crippen LogP contribution in [0.5, 0.6) is 0 Å². The Kier molecular flexibility index (Phi) is 9.22. The van der Waals surface area contributed by atoms with Crippen molar-refractivity contribution in [2.45, 2.75) is 44.2 Å². The summed E-state index contributed by atoms with van der Waals surface area (Å²) < 4.78 is 53.4. The van der Waals surface area contributed by atoms with Gasteiger partial charge in [-0.2, -0.15) is 0 Å². The normalized spacial score (nSPS) is 26.0. The van der Waals surface area contributed by atoms with Gasteiger partial charge in [-0.3, -0.25) is 23.8 Å². The zero-order valence-electron chi connectivity index (χ0n) is 22.5. The Labute approximate surface area is 243 Å². The summed E-state index contributed by atoms with van der Waals surface area (Å²) in [5, 5.41) is 13.9. The minimum Gasteiger partial charge on any atom is -0.481 e. The molecule has 2 fully saturated rings. The summed E-state index contributed by atoms with van der Waals surface area (Å²) in [4.78, 5) is 55.2. The number of fused-ring (bicyclic) bond motifs is 2. The number of amides is 2. The first-order chi connectivity index (χ1) is 20.4. The van der Waals surface area contributed by atoms with Crippen molar-refractivity contribution >= 4 is 44.4 Å². The molecule has 2 aliphatic heterocycles. The van der Waals surface area contributed by atoms with E-state index in [1.165, 1.54) is 17.2 Å². The summed E-state index contributed by atoms with van der Waals surface area (Å²) in [5.74, 6) is -1.57. The Balaban J connectivity index is 1.38. The van der Waals surface area contributed by atoms with E-state index in [-0.39, 0.29) is 17.0 Å². The number of rotatable bonds is 12. The lowest BCUT2D eigenvalue weighted by molar-refractivity contribution is -0.149. The number of phosphoric acid groups is 1. The average Bonchev–Trinajstić information content (AvgIpc) is 3.61. The van der Waals surface area contributed by atoms with Gasteiger partial charge in [-0.05, 0) is 12.5 Å². The van der Waals surface area contributed by atoms with Crippen LogP contribution >= 0.6 is 15.4 Å². The molecule has 43 heavy (non-hydrogen) atoms. The molecule has 3 aromatic rings. The zero-order valence-corrected chi connectivity index (χ0v) is 24.2. The molecule has 4 unspecified atom stereocenters. The highest BCUT2D eigenvalue weighted by Gasteiger charge is 2.54. The predicted molar refractivity (Wildman–Crippen MR) is 145 cm³/mol. The van der Waals surface area contributed by atoms with Crippen molar-refractivity contribution < 1.29 is 56.7 Å². The fraction of sp³-hybridized carbons (Fsp3) is 0.435. The lowest BCUT2D eigenvalue weighted by Gasteiger charge is -2.22. The van der Waals surface area contributed by atoms with E-state index in [9.17, 15) is 28.5 Å². The molecule has 0 bridgehead atoms. The largest absolute Gasteiger partial charge is 0.481 e. The van der Waals surface area contributed by atoms with E-state index >= 15 is 0 Å². The van der Waals surface area contributed by atoms with Gasteiger partial charge in [0.15, 0.2) is 29.5 Å². The molecule has 0 spiro atoms. The van der Waals surface area contributed by atoms with E-state index in [0.29, 0.717) is 13.0 Å². The number of hydrogen-bond acceptors (Lipinski definition) is 12. The molecule has 2 aromatic heterocycles. The molecule has 7 atom stereocenters. The van der Waals surface area contributed by atoms with Crippen LogP contribution in [0.2, 0.25) is 0 Å². The van der Waals surface area contributed by atoms with Gasteiger partial charge < -0.3 is 34.4 Å². The maximum absolute atomic E-state index is 12.4. The second kappa shape index (κ2) is 12.7. The van der Waals surface area contributed by atoms with Crippen molar-refractivity contribution in [1.29, 1.82) is 0 Å². The Hall–Kier alpha value is -3.31. The highest BCUT2D eigenvalue weighted by molar-refractivity contribution is 7.64. The number of aliphatic carboxylic acids is 1. The number of nitrogens with zero attached hydrogens (tertiary/aromatic N) is 4. The van der Waals surface area contributed by atoms with Crippen LogP contribution in [-0.4, -0.2) is 90.3 Å². The predicted octanol–water partition coefficient (Wildman–Crippen LogP) is 1.62. The maximum atomic E-state index is 12.4. The molecular weight excluding hydrogens is 614 g/mol. The van der Waals surface area contributed by atoms with E-state index in [2.05, 4.69) is 29.9 Å². The van der Waals surface area contributed by atoms with Crippen LogP contribution in [0, 0.1) is 0 Å². The van der Waals surface area contributed by atoms with Gasteiger partial charge in [-0.25, -0.2) is 28.6 Å². The summed E-state index contributed by atoms with van der Waals surface area (Å²) in [6.07, 6.45) is -2.83.